The van der Waals surface area contributed by atoms with Crippen LogP contribution in [-0.2, 0) is 19.2 Å². The zero-order valence-corrected chi connectivity index (χ0v) is 27.0. The Morgan fingerprint density at radius 2 is 1.90 bits per heavy atom. The summed E-state index contributed by atoms with van der Waals surface area (Å²) in [6.07, 6.45) is 2.68. The minimum atomic E-state index is -3.76. The predicted molar refractivity (Wildman–Crippen MR) is 168 cm³/mol. The summed E-state index contributed by atoms with van der Waals surface area (Å²) in [5, 5.41) is 6.44. The van der Waals surface area contributed by atoms with Gasteiger partial charge < -0.3 is 14.6 Å². The smallest absolute Gasteiger partial charge is 0.258 e. The largest absolute Gasteiger partial charge is 0.417 e. The van der Waals surface area contributed by atoms with Crippen molar-refractivity contribution >= 4 is 63.6 Å². The lowest BCUT2D eigenvalue weighted by molar-refractivity contribution is -0.120. The highest BCUT2D eigenvalue weighted by Crippen LogP contribution is 2.41. The molecule has 2 amide bonds. The lowest BCUT2D eigenvalue weighted by atomic mass is 10.0. The Bertz CT molecular complexity index is 1560. The minimum Gasteiger partial charge on any atom is -0.417 e. The van der Waals surface area contributed by atoms with E-state index in [9.17, 15) is 18.0 Å². The second-order valence-electron chi connectivity index (χ2n) is 12.3. The van der Waals surface area contributed by atoms with E-state index in [1.807, 2.05) is 30.3 Å². The van der Waals surface area contributed by atoms with Crippen molar-refractivity contribution in [3.05, 3.63) is 53.4 Å². The summed E-state index contributed by atoms with van der Waals surface area (Å²) in [4.78, 5) is 28.8. The number of hydrogen-bond acceptors (Lipinski definition) is 6. The van der Waals surface area contributed by atoms with E-state index in [1.165, 1.54) is 4.31 Å². The number of nitrogens with one attached hydrogen (secondary N) is 1. The molecule has 1 saturated heterocycles. The first kappa shape index (κ1) is 29.9. The third-order valence-electron chi connectivity index (χ3n) is 8.65. The van der Waals surface area contributed by atoms with Crippen LogP contribution in [0.5, 0.6) is 0 Å². The maximum Gasteiger partial charge on any atom is 0.258 e. The van der Waals surface area contributed by atoms with Gasteiger partial charge in [-0.15, -0.1) is 11.3 Å². The van der Waals surface area contributed by atoms with Crippen molar-refractivity contribution in [1.82, 2.24) is 4.31 Å². The Balaban J connectivity index is 1.35. The molecule has 2 aromatic carbocycles. The van der Waals surface area contributed by atoms with E-state index in [1.54, 1.807) is 22.4 Å². The van der Waals surface area contributed by atoms with E-state index < -0.39 is 24.4 Å². The van der Waals surface area contributed by atoms with Crippen LogP contribution >= 0.6 is 11.3 Å². The van der Waals surface area contributed by atoms with Gasteiger partial charge in [-0.2, -0.15) is 4.31 Å². The summed E-state index contributed by atoms with van der Waals surface area (Å²) in [6, 6.07) is 11.7. The van der Waals surface area contributed by atoms with E-state index >= 15 is 0 Å². The van der Waals surface area contributed by atoms with Crippen LogP contribution < -0.4 is 10.2 Å². The van der Waals surface area contributed by atoms with Crippen LogP contribution in [0.1, 0.15) is 56.8 Å². The van der Waals surface area contributed by atoms with Crippen LogP contribution in [0.25, 0.3) is 10.8 Å². The highest BCUT2D eigenvalue weighted by Gasteiger charge is 2.39. The van der Waals surface area contributed by atoms with E-state index in [0.29, 0.717) is 43.8 Å². The molecule has 11 heteroatoms. The van der Waals surface area contributed by atoms with Gasteiger partial charge in [0.05, 0.1) is 5.69 Å². The Morgan fingerprint density at radius 3 is 2.61 bits per heavy atom. The molecule has 1 aromatic heterocycles. The van der Waals surface area contributed by atoms with Crippen molar-refractivity contribution < 1.29 is 22.4 Å². The lowest BCUT2D eigenvalue weighted by Gasteiger charge is -2.36. The van der Waals surface area contributed by atoms with E-state index in [-0.39, 0.29) is 21.1 Å². The molecule has 220 valence electrons. The summed E-state index contributed by atoms with van der Waals surface area (Å²) in [5.74, 6) is -0.406. The molecule has 0 radical (unpaired) electrons. The number of amides is 2. The van der Waals surface area contributed by atoms with Crippen LogP contribution in [0.2, 0.25) is 18.1 Å². The topological polar surface area (TPSA) is 96.0 Å². The number of hydrogen-bond donors (Lipinski definition) is 1. The number of sulfonamides is 1. The van der Waals surface area contributed by atoms with Crippen LogP contribution in [0.3, 0.4) is 0 Å². The molecule has 1 N–H and O–H groups in total. The van der Waals surface area contributed by atoms with Gasteiger partial charge in [-0.05, 0) is 67.0 Å². The van der Waals surface area contributed by atoms with Gasteiger partial charge in [-0.1, -0.05) is 45.4 Å². The monoisotopic (exact) mass is 613 g/mol. The molecular weight excluding hydrogens is 575 g/mol. The molecule has 3 aromatic rings. The van der Waals surface area contributed by atoms with Gasteiger partial charge in [-0.3, -0.25) is 9.59 Å². The SMILES string of the molecule is CC(C)(C)[Si](C)(C)OCCCN1C(=O)c2cccc3c(NC(=O)C4CCCCN4S(=O)(=O)c4cccs4)ccc1c23. The van der Waals surface area contributed by atoms with Gasteiger partial charge in [-0.25, -0.2) is 8.42 Å². The fraction of sp³-hybridized carbons (Fsp3) is 0.467. The molecule has 8 nitrogen and oxygen atoms in total. The first-order valence-corrected chi connectivity index (χ1v) is 19.4. The Kier molecular flexibility index (Phi) is 8.21. The minimum absolute atomic E-state index is 0.0538. The summed E-state index contributed by atoms with van der Waals surface area (Å²) >= 11 is 1.16. The summed E-state index contributed by atoms with van der Waals surface area (Å²) in [6.45, 7) is 12.5. The van der Waals surface area contributed by atoms with Crippen molar-refractivity contribution in [2.45, 2.75) is 74.8 Å². The number of nitrogens with zero attached hydrogens (tertiary/aromatic N) is 2. The van der Waals surface area contributed by atoms with Gasteiger partial charge in [0.1, 0.15) is 10.3 Å². The van der Waals surface area contributed by atoms with Gasteiger partial charge in [0, 0.05) is 41.7 Å². The van der Waals surface area contributed by atoms with Crippen molar-refractivity contribution in [3.63, 3.8) is 0 Å². The highest BCUT2D eigenvalue weighted by molar-refractivity contribution is 7.91. The normalized spacial score (nSPS) is 18.3. The molecule has 41 heavy (non-hydrogen) atoms. The molecule has 0 bridgehead atoms. The molecule has 1 atom stereocenters. The average Bonchev–Trinajstić information content (AvgIpc) is 3.57. The number of anilines is 2. The number of thiophene rings is 1. The molecule has 5 rings (SSSR count). The Morgan fingerprint density at radius 1 is 1.12 bits per heavy atom. The zero-order valence-electron chi connectivity index (χ0n) is 24.4. The first-order valence-electron chi connectivity index (χ1n) is 14.2. The maximum absolute atomic E-state index is 13.6. The average molecular weight is 614 g/mol. The summed E-state index contributed by atoms with van der Waals surface area (Å²) < 4.78 is 34.5. The summed E-state index contributed by atoms with van der Waals surface area (Å²) in [5.41, 5.74) is 2.01. The maximum atomic E-state index is 13.6. The van der Waals surface area contributed by atoms with E-state index in [4.69, 9.17) is 4.43 Å². The third kappa shape index (κ3) is 5.62. The van der Waals surface area contributed by atoms with E-state index in [0.717, 1.165) is 40.6 Å². The van der Waals surface area contributed by atoms with Crippen LogP contribution in [0, 0.1) is 0 Å². The van der Waals surface area contributed by atoms with Crippen molar-refractivity contribution in [3.8, 4) is 0 Å². The van der Waals surface area contributed by atoms with Crippen molar-refractivity contribution in [1.29, 1.82) is 0 Å². The van der Waals surface area contributed by atoms with Crippen LogP contribution in [0.15, 0.2) is 52.1 Å². The Hall–Kier alpha value is -2.57. The molecule has 2 aliphatic heterocycles. The zero-order chi connectivity index (χ0) is 29.6. The lowest BCUT2D eigenvalue weighted by Crippen LogP contribution is -2.49. The van der Waals surface area contributed by atoms with Gasteiger partial charge >= 0.3 is 0 Å². The van der Waals surface area contributed by atoms with Crippen molar-refractivity contribution in [2.75, 3.05) is 29.9 Å². The molecular formula is C30H39N3O5S2Si. The predicted octanol–water partition coefficient (Wildman–Crippen LogP) is 6.46. The molecule has 1 fully saturated rings. The van der Waals surface area contributed by atoms with Gasteiger partial charge in [0.15, 0.2) is 8.32 Å². The molecule has 0 saturated carbocycles. The number of carbonyl (C=O) groups excluding carboxylic acids is 2. The Labute approximate surface area is 247 Å². The quantitative estimate of drug-likeness (QED) is 0.221. The van der Waals surface area contributed by atoms with Crippen LogP contribution in [-0.4, -0.2) is 58.6 Å². The second kappa shape index (κ2) is 11.3. The number of piperidine rings is 1. The third-order valence-corrected chi connectivity index (χ3v) is 16.5. The number of rotatable bonds is 9. The van der Waals surface area contributed by atoms with Gasteiger partial charge in [0.2, 0.25) is 5.91 Å². The number of benzene rings is 2. The van der Waals surface area contributed by atoms with Gasteiger partial charge in [0.25, 0.3) is 15.9 Å². The molecule has 3 heterocycles. The number of carbonyl (C=O) groups is 2. The molecule has 2 aliphatic rings. The van der Waals surface area contributed by atoms with Crippen molar-refractivity contribution in [2.24, 2.45) is 0 Å². The molecule has 0 spiro atoms. The first-order chi connectivity index (χ1) is 19.3. The molecule has 0 aliphatic carbocycles. The molecule has 1 unspecified atom stereocenters. The fourth-order valence-electron chi connectivity index (χ4n) is 5.34. The fourth-order valence-corrected chi connectivity index (χ4v) is 9.20. The highest BCUT2D eigenvalue weighted by atomic mass is 32.2. The second-order valence-corrected chi connectivity index (χ2v) is 20.2. The standard InChI is InChI=1S/C30H39N3O5S2Si/c1-30(2,3)41(4,5)38-19-10-17-32-24-16-15-23(21-11-8-12-22(27(21)24)29(32)35)31-28(34)25-13-6-7-18-33(25)40(36,37)26-14-9-20-39-26/h8-9,11-12,14-16,20,25H,6-7,10,13,17-19H2,1-5H3,(H,31,34). The van der Waals surface area contributed by atoms with E-state index in [2.05, 4.69) is 39.2 Å². The summed E-state index contributed by atoms with van der Waals surface area (Å²) in [7, 11) is -5.63. The van der Waals surface area contributed by atoms with Crippen LogP contribution in [0.4, 0.5) is 11.4 Å².